The van der Waals surface area contributed by atoms with Crippen molar-refractivity contribution in [3.05, 3.63) is 77.2 Å². The third kappa shape index (κ3) is 3.83. The lowest BCUT2D eigenvalue weighted by Crippen LogP contribution is -2.17. The molecule has 0 amide bonds. The Balaban J connectivity index is 1.74. The summed E-state index contributed by atoms with van der Waals surface area (Å²) >= 11 is 0. The highest BCUT2D eigenvalue weighted by molar-refractivity contribution is 7.90. The Bertz CT molecular complexity index is 1350. The molecule has 4 aromatic rings. The lowest BCUT2D eigenvalue weighted by atomic mass is 9.94. The molecule has 2 heterocycles. The van der Waals surface area contributed by atoms with Crippen molar-refractivity contribution in [2.75, 3.05) is 6.26 Å². The Labute approximate surface area is 173 Å². The van der Waals surface area contributed by atoms with Crippen LogP contribution >= 0.6 is 0 Å². The van der Waals surface area contributed by atoms with Gasteiger partial charge in [-0.1, -0.05) is 35.5 Å². The fraction of sp³-hybridized carbons (Fsp3) is 0.182. The summed E-state index contributed by atoms with van der Waals surface area (Å²) in [6.45, 7) is 1.97. The average Bonchev–Trinajstić information content (AvgIpc) is 3.11. The number of pyridine rings is 1. The highest BCUT2D eigenvalue weighted by atomic mass is 32.2. The number of sulfone groups is 1. The molecule has 2 N–H and O–H groups in total. The first-order valence-corrected chi connectivity index (χ1v) is 11.2. The lowest BCUT2D eigenvalue weighted by molar-refractivity contribution is 0.459. The van der Waals surface area contributed by atoms with E-state index in [1.165, 1.54) is 0 Å². The topological polar surface area (TPSA) is 99.1 Å². The first-order chi connectivity index (χ1) is 14.2. The number of nitrogens with zero attached hydrogens (tertiary/aromatic N) is 2. The van der Waals surface area contributed by atoms with Crippen LogP contribution in [0.25, 0.3) is 22.2 Å². The summed E-state index contributed by atoms with van der Waals surface area (Å²) in [5, 5.41) is 4.89. The SMILES string of the molecule is Cc1ccc2c(-c3ccccc3[C@@H](N)Cc3nc(S(C)(=O)=O)ccc3F)noc2c1. The van der Waals surface area contributed by atoms with Gasteiger partial charge in [-0.15, -0.1) is 0 Å². The Hall–Kier alpha value is -3.10. The molecule has 1 atom stereocenters. The molecule has 2 aromatic heterocycles. The Morgan fingerprint density at radius 1 is 1.13 bits per heavy atom. The lowest BCUT2D eigenvalue weighted by Gasteiger charge is -2.16. The molecule has 0 aliphatic rings. The van der Waals surface area contributed by atoms with Crippen LogP contribution in [0.4, 0.5) is 4.39 Å². The quantitative estimate of drug-likeness (QED) is 0.519. The first kappa shape index (κ1) is 20.2. The molecule has 4 rings (SSSR count). The molecule has 2 aromatic carbocycles. The van der Waals surface area contributed by atoms with Crippen molar-refractivity contribution in [2.45, 2.75) is 24.4 Å². The maximum Gasteiger partial charge on any atom is 0.192 e. The van der Waals surface area contributed by atoms with Crippen LogP contribution in [0, 0.1) is 12.7 Å². The van der Waals surface area contributed by atoms with E-state index in [9.17, 15) is 12.8 Å². The fourth-order valence-corrected chi connectivity index (χ4v) is 4.00. The molecule has 6 nitrogen and oxygen atoms in total. The van der Waals surface area contributed by atoms with Crippen LogP contribution in [0.15, 0.2) is 64.1 Å². The van der Waals surface area contributed by atoms with Gasteiger partial charge in [0, 0.05) is 29.7 Å². The second-order valence-electron chi connectivity index (χ2n) is 7.28. The summed E-state index contributed by atoms with van der Waals surface area (Å²) in [4.78, 5) is 3.98. The van der Waals surface area contributed by atoms with Crippen molar-refractivity contribution in [3.8, 4) is 11.3 Å². The number of hydrogen-bond acceptors (Lipinski definition) is 6. The summed E-state index contributed by atoms with van der Waals surface area (Å²) < 4.78 is 43.3. The predicted molar refractivity (Wildman–Crippen MR) is 112 cm³/mol. The van der Waals surface area contributed by atoms with E-state index in [1.54, 1.807) is 0 Å². The van der Waals surface area contributed by atoms with E-state index < -0.39 is 21.7 Å². The minimum absolute atomic E-state index is 0.000800. The maximum absolute atomic E-state index is 14.3. The molecule has 8 heteroatoms. The zero-order valence-corrected chi connectivity index (χ0v) is 17.3. The Kier molecular flexibility index (Phi) is 5.13. The van der Waals surface area contributed by atoms with E-state index in [0.717, 1.165) is 40.5 Å². The third-order valence-corrected chi connectivity index (χ3v) is 5.92. The average molecular weight is 425 g/mol. The second kappa shape index (κ2) is 7.62. The molecular weight excluding hydrogens is 405 g/mol. The summed E-state index contributed by atoms with van der Waals surface area (Å²) in [5.74, 6) is -0.599. The maximum atomic E-state index is 14.3. The molecule has 154 valence electrons. The number of aromatic nitrogens is 2. The van der Waals surface area contributed by atoms with Crippen LogP contribution in [0.1, 0.15) is 22.9 Å². The summed E-state index contributed by atoms with van der Waals surface area (Å²) in [6, 6.07) is 14.9. The molecule has 30 heavy (non-hydrogen) atoms. The van der Waals surface area contributed by atoms with Crippen molar-refractivity contribution in [3.63, 3.8) is 0 Å². The van der Waals surface area contributed by atoms with E-state index in [4.69, 9.17) is 10.3 Å². The van der Waals surface area contributed by atoms with Crippen LogP contribution in [0.2, 0.25) is 0 Å². The van der Waals surface area contributed by atoms with Gasteiger partial charge in [-0.3, -0.25) is 0 Å². The number of rotatable bonds is 5. The van der Waals surface area contributed by atoms with Crippen LogP contribution in [0.5, 0.6) is 0 Å². The molecule has 0 bridgehead atoms. The van der Waals surface area contributed by atoms with Crippen LogP contribution in [-0.2, 0) is 16.3 Å². The summed E-state index contributed by atoms with van der Waals surface area (Å²) in [7, 11) is -3.55. The minimum Gasteiger partial charge on any atom is -0.356 e. The molecule has 0 aliphatic heterocycles. The standard InChI is InChI=1S/C22H20FN3O3S/c1-13-7-8-16-20(11-13)29-26-22(16)15-6-4-3-5-14(15)18(24)12-19-17(23)9-10-21(25-19)30(2,27)28/h3-11,18H,12,24H2,1-2H3/t18-/m0/s1. The molecule has 0 fully saturated rings. The van der Waals surface area contributed by atoms with Gasteiger partial charge >= 0.3 is 0 Å². The van der Waals surface area contributed by atoms with Gasteiger partial charge in [0.2, 0.25) is 0 Å². The van der Waals surface area contributed by atoms with Gasteiger partial charge in [-0.25, -0.2) is 17.8 Å². The van der Waals surface area contributed by atoms with Gasteiger partial charge in [0.1, 0.15) is 11.5 Å². The van der Waals surface area contributed by atoms with E-state index in [1.807, 2.05) is 49.4 Å². The third-order valence-electron chi connectivity index (χ3n) is 4.93. The van der Waals surface area contributed by atoms with Crippen molar-refractivity contribution < 1.29 is 17.3 Å². The first-order valence-electron chi connectivity index (χ1n) is 9.30. The van der Waals surface area contributed by atoms with Crippen LogP contribution in [0.3, 0.4) is 0 Å². The molecule has 0 spiro atoms. The number of halogens is 1. The normalized spacial score (nSPS) is 12.9. The number of hydrogen-bond donors (Lipinski definition) is 1. The Morgan fingerprint density at radius 3 is 2.67 bits per heavy atom. The van der Waals surface area contributed by atoms with E-state index in [0.29, 0.717) is 11.3 Å². The van der Waals surface area contributed by atoms with Crippen molar-refractivity contribution in [1.29, 1.82) is 0 Å². The van der Waals surface area contributed by atoms with E-state index >= 15 is 0 Å². The Morgan fingerprint density at radius 2 is 1.90 bits per heavy atom. The molecule has 0 saturated carbocycles. The van der Waals surface area contributed by atoms with Gasteiger partial charge in [-0.2, -0.15) is 0 Å². The minimum atomic E-state index is -3.55. The summed E-state index contributed by atoms with van der Waals surface area (Å²) in [5.41, 5.74) is 10.3. The number of benzene rings is 2. The molecular formula is C22H20FN3O3S. The smallest absolute Gasteiger partial charge is 0.192 e. The van der Waals surface area contributed by atoms with E-state index in [2.05, 4.69) is 10.1 Å². The van der Waals surface area contributed by atoms with Gasteiger partial charge in [0.25, 0.3) is 0 Å². The molecule has 0 unspecified atom stereocenters. The van der Waals surface area contributed by atoms with Gasteiger partial charge in [-0.05, 0) is 42.3 Å². The highest BCUT2D eigenvalue weighted by Crippen LogP contribution is 2.33. The molecule has 0 radical (unpaired) electrons. The predicted octanol–water partition coefficient (Wildman–Crippen LogP) is 3.98. The van der Waals surface area contributed by atoms with E-state index in [-0.39, 0.29) is 17.1 Å². The van der Waals surface area contributed by atoms with Crippen molar-refractivity contribution in [1.82, 2.24) is 10.1 Å². The monoisotopic (exact) mass is 425 g/mol. The number of nitrogens with two attached hydrogens (primary N) is 1. The second-order valence-corrected chi connectivity index (χ2v) is 9.24. The fourth-order valence-electron chi connectivity index (χ4n) is 3.41. The van der Waals surface area contributed by atoms with Crippen LogP contribution < -0.4 is 5.73 Å². The largest absolute Gasteiger partial charge is 0.356 e. The van der Waals surface area contributed by atoms with Gasteiger partial charge in [0.05, 0.1) is 5.69 Å². The summed E-state index contributed by atoms with van der Waals surface area (Å²) in [6.07, 6.45) is 1.06. The van der Waals surface area contributed by atoms with Crippen molar-refractivity contribution in [2.24, 2.45) is 5.73 Å². The molecule has 0 aliphatic carbocycles. The number of aryl methyl sites for hydroxylation is 1. The zero-order chi connectivity index (χ0) is 21.5. The van der Waals surface area contributed by atoms with Crippen molar-refractivity contribution >= 4 is 20.8 Å². The number of fused-ring (bicyclic) bond motifs is 1. The van der Waals surface area contributed by atoms with Gasteiger partial charge in [0.15, 0.2) is 20.4 Å². The van der Waals surface area contributed by atoms with Gasteiger partial charge < -0.3 is 10.3 Å². The highest BCUT2D eigenvalue weighted by Gasteiger charge is 2.20. The molecule has 0 saturated heterocycles. The van der Waals surface area contributed by atoms with Crippen LogP contribution in [-0.4, -0.2) is 24.8 Å². The zero-order valence-electron chi connectivity index (χ0n) is 16.5.